The molecule has 0 spiro atoms. The highest BCUT2D eigenvalue weighted by atomic mass is 16.2. The Hall–Kier alpha value is -0.560. The van der Waals surface area contributed by atoms with Crippen LogP contribution < -0.4 is 0 Å². The molecule has 0 fully saturated rings. The van der Waals surface area contributed by atoms with Gasteiger partial charge in [0, 0.05) is 7.11 Å². The van der Waals surface area contributed by atoms with Gasteiger partial charge in [-0.05, 0) is 20.3 Å². The first-order valence-corrected chi connectivity index (χ1v) is 4.57. The Labute approximate surface area is 77.8 Å². The molecule has 0 aromatic carbocycles. The zero-order chi connectivity index (χ0) is 10.4. The Bertz CT molecular complexity index is 98.8. The standard InChI is InChI=1S/C8H14.C2H6.CH4O/c1-4-7-8(5-2)6-3;2*1-2/h4-5,7H,6H2,1-3H3;1-2H3;2H,1H3/b7-4-,8-5-;;. The summed E-state index contributed by atoms with van der Waals surface area (Å²) in [6.45, 7) is 10.3. The number of aliphatic hydroxyl groups excluding tert-OH is 1. The van der Waals surface area contributed by atoms with E-state index in [4.69, 9.17) is 5.11 Å². The summed E-state index contributed by atoms with van der Waals surface area (Å²) in [5.41, 5.74) is 1.41. The zero-order valence-corrected chi connectivity index (χ0v) is 9.39. The van der Waals surface area contributed by atoms with Gasteiger partial charge in [0.15, 0.2) is 0 Å². The summed E-state index contributed by atoms with van der Waals surface area (Å²) in [4.78, 5) is 0. The number of aliphatic hydroxyl groups is 1. The Morgan fingerprint density at radius 2 is 1.58 bits per heavy atom. The Kier molecular flexibility index (Phi) is 32.7. The lowest BCUT2D eigenvalue weighted by atomic mass is 10.2. The van der Waals surface area contributed by atoms with Crippen molar-refractivity contribution in [3.8, 4) is 0 Å². The van der Waals surface area contributed by atoms with E-state index < -0.39 is 0 Å². The molecular formula is C11H24O. The largest absolute Gasteiger partial charge is 0.400 e. The van der Waals surface area contributed by atoms with Crippen molar-refractivity contribution in [2.45, 2.75) is 41.0 Å². The number of hydrogen-bond donors (Lipinski definition) is 1. The summed E-state index contributed by atoms with van der Waals surface area (Å²) < 4.78 is 0. The van der Waals surface area contributed by atoms with Gasteiger partial charge in [-0.1, -0.05) is 44.6 Å². The van der Waals surface area contributed by atoms with Crippen LogP contribution in [0.5, 0.6) is 0 Å². The minimum Gasteiger partial charge on any atom is -0.400 e. The molecule has 0 bridgehead atoms. The predicted molar refractivity (Wildman–Crippen MR) is 58.4 cm³/mol. The van der Waals surface area contributed by atoms with Crippen LogP contribution in [-0.4, -0.2) is 12.2 Å². The summed E-state index contributed by atoms with van der Waals surface area (Å²) in [5.74, 6) is 0. The Balaban J connectivity index is -0.000000175. The minimum atomic E-state index is 1.00. The monoisotopic (exact) mass is 172 g/mol. The van der Waals surface area contributed by atoms with Gasteiger partial charge in [0.25, 0.3) is 0 Å². The molecule has 0 aliphatic heterocycles. The van der Waals surface area contributed by atoms with Crippen LogP contribution in [0, 0.1) is 0 Å². The highest BCUT2D eigenvalue weighted by Gasteiger charge is 1.79. The van der Waals surface area contributed by atoms with Crippen molar-refractivity contribution in [3.63, 3.8) is 0 Å². The van der Waals surface area contributed by atoms with Gasteiger partial charge in [-0.3, -0.25) is 0 Å². The molecule has 0 atom stereocenters. The van der Waals surface area contributed by atoms with Gasteiger partial charge >= 0.3 is 0 Å². The molecule has 0 saturated heterocycles. The maximum absolute atomic E-state index is 7.00. The van der Waals surface area contributed by atoms with Crippen molar-refractivity contribution in [2.24, 2.45) is 0 Å². The van der Waals surface area contributed by atoms with Gasteiger partial charge in [0.1, 0.15) is 0 Å². The van der Waals surface area contributed by atoms with E-state index in [1.54, 1.807) is 0 Å². The Morgan fingerprint density at radius 3 is 1.67 bits per heavy atom. The number of rotatable bonds is 2. The van der Waals surface area contributed by atoms with Gasteiger partial charge in [-0.25, -0.2) is 0 Å². The molecule has 0 unspecified atom stereocenters. The van der Waals surface area contributed by atoms with Crippen molar-refractivity contribution in [3.05, 3.63) is 23.8 Å². The van der Waals surface area contributed by atoms with Gasteiger partial charge in [-0.15, -0.1) is 0 Å². The second-order valence-electron chi connectivity index (χ2n) is 1.72. The first-order chi connectivity index (χ1) is 5.85. The average Bonchev–Trinajstić information content (AvgIpc) is 2.20. The first-order valence-electron chi connectivity index (χ1n) is 4.57. The smallest absolute Gasteiger partial charge is 0.0319 e. The molecule has 0 aliphatic carbocycles. The predicted octanol–water partition coefficient (Wildman–Crippen LogP) is 3.55. The molecular weight excluding hydrogens is 148 g/mol. The molecule has 1 nitrogen and oxygen atoms in total. The van der Waals surface area contributed by atoms with Crippen LogP contribution in [0.1, 0.15) is 41.0 Å². The molecule has 0 aromatic rings. The summed E-state index contributed by atoms with van der Waals surface area (Å²) in [7, 11) is 1.00. The van der Waals surface area contributed by atoms with Crippen molar-refractivity contribution in [2.75, 3.05) is 7.11 Å². The number of allylic oxidation sites excluding steroid dienone is 4. The quantitative estimate of drug-likeness (QED) is 0.631. The average molecular weight is 172 g/mol. The van der Waals surface area contributed by atoms with Crippen LogP contribution in [0.15, 0.2) is 23.8 Å². The summed E-state index contributed by atoms with van der Waals surface area (Å²) in [6, 6.07) is 0. The second kappa shape index (κ2) is 22.4. The lowest BCUT2D eigenvalue weighted by molar-refractivity contribution is 0.399. The molecule has 1 N–H and O–H groups in total. The van der Waals surface area contributed by atoms with E-state index in [1.807, 2.05) is 20.8 Å². The van der Waals surface area contributed by atoms with Gasteiger partial charge in [0.2, 0.25) is 0 Å². The highest BCUT2D eigenvalue weighted by Crippen LogP contribution is 2.00. The molecule has 0 radical (unpaired) electrons. The van der Waals surface area contributed by atoms with Crippen LogP contribution in [0.3, 0.4) is 0 Å². The maximum atomic E-state index is 7.00. The molecule has 0 aromatic heterocycles. The van der Waals surface area contributed by atoms with E-state index in [9.17, 15) is 0 Å². The molecule has 0 saturated carbocycles. The zero-order valence-electron chi connectivity index (χ0n) is 9.39. The SMILES string of the molecule is C/C=C\C(=C/C)CC.CC.CO. The van der Waals surface area contributed by atoms with Crippen LogP contribution >= 0.6 is 0 Å². The highest BCUT2D eigenvalue weighted by molar-refractivity contribution is 5.16. The molecule has 1 heteroatoms. The van der Waals surface area contributed by atoms with E-state index >= 15 is 0 Å². The summed E-state index contributed by atoms with van der Waals surface area (Å²) in [6.07, 6.45) is 7.49. The minimum absolute atomic E-state index is 1.00. The molecule has 74 valence electrons. The van der Waals surface area contributed by atoms with Crippen molar-refractivity contribution >= 4 is 0 Å². The molecule has 0 heterocycles. The second-order valence-corrected chi connectivity index (χ2v) is 1.72. The molecule has 12 heavy (non-hydrogen) atoms. The Morgan fingerprint density at radius 1 is 1.17 bits per heavy atom. The summed E-state index contributed by atoms with van der Waals surface area (Å²) >= 11 is 0. The third-order valence-corrected chi connectivity index (χ3v) is 1.16. The van der Waals surface area contributed by atoms with E-state index in [0.717, 1.165) is 13.5 Å². The topological polar surface area (TPSA) is 20.2 Å². The third kappa shape index (κ3) is 16.2. The molecule has 0 amide bonds. The summed E-state index contributed by atoms with van der Waals surface area (Å²) in [5, 5.41) is 7.00. The molecule has 0 rings (SSSR count). The number of hydrogen-bond acceptors (Lipinski definition) is 1. The van der Waals surface area contributed by atoms with Crippen molar-refractivity contribution in [1.82, 2.24) is 0 Å². The van der Waals surface area contributed by atoms with Crippen LogP contribution in [0.4, 0.5) is 0 Å². The third-order valence-electron chi connectivity index (χ3n) is 1.16. The molecule has 0 aliphatic rings. The van der Waals surface area contributed by atoms with Gasteiger partial charge in [0.05, 0.1) is 0 Å². The van der Waals surface area contributed by atoms with E-state index in [1.165, 1.54) is 5.57 Å². The van der Waals surface area contributed by atoms with Crippen LogP contribution in [-0.2, 0) is 0 Å². The van der Waals surface area contributed by atoms with E-state index in [-0.39, 0.29) is 0 Å². The van der Waals surface area contributed by atoms with Crippen LogP contribution in [0.2, 0.25) is 0 Å². The normalized spacial score (nSPS) is 9.75. The van der Waals surface area contributed by atoms with Crippen LogP contribution in [0.25, 0.3) is 0 Å². The first kappa shape index (κ1) is 17.5. The lowest BCUT2D eigenvalue weighted by Gasteiger charge is -1.90. The lowest BCUT2D eigenvalue weighted by Crippen LogP contribution is -1.69. The van der Waals surface area contributed by atoms with Gasteiger partial charge in [-0.2, -0.15) is 0 Å². The van der Waals surface area contributed by atoms with E-state index in [2.05, 4.69) is 32.1 Å². The fourth-order valence-corrected chi connectivity index (χ4v) is 0.632. The van der Waals surface area contributed by atoms with Crippen molar-refractivity contribution < 1.29 is 5.11 Å². The maximum Gasteiger partial charge on any atom is 0.0319 e. The van der Waals surface area contributed by atoms with E-state index in [0.29, 0.717) is 0 Å². The van der Waals surface area contributed by atoms with Crippen molar-refractivity contribution in [1.29, 1.82) is 0 Å². The fourth-order valence-electron chi connectivity index (χ4n) is 0.632. The fraction of sp³-hybridized carbons (Fsp3) is 0.636. The van der Waals surface area contributed by atoms with Gasteiger partial charge < -0.3 is 5.11 Å².